The van der Waals surface area contributed by atoms with E-state index in [1.165, 1.54) is 0 Å². The van der Waals surface area contributed by atoms with Gasteiger partial charge in [-0.1, -0.05) is 23.7 Å². The predicted molar refractivity (Wildman–Crippen MR) is 86.5 cm³/mol. The Kier molecular flexibility index (Phi) is 5.67. The largest absolute Gasteiger partial charge is 0.497 e. The first-order valence-electron chi connectivity index (χ1n) is 6.90. The third kappa shape index (κ3) is 4.67. The quantitative estimate of drug-likeness (QED) is 0.885. The van der Waals surface area contributed by atoms with Crippen LogP contribution in [0.2, 0.25) is 5.02 Å². The molecule has 0 radical (unpaired) electrons. The van der Waals surface area contributed by atoms with E-state index in [1.54, 1.807) is 43.5 Å². The molecule has 22 heavy (non-hydrogen) atoms. The van der Waals surface area contributed by atoms with E-state index in [1.807, 2.05) is 19.1 Å². The number of ether oxygens (including phenoxy) is 2. The molecule has 4 nitrogen and oxygen atoms in total. The van der Waals surface area contributed by atoms with Crippen molar-refractivity contribution in [3.05, 3.63) is 59.1 Å². The molecule has 2 rings (SSSR count). The van der Waals surface area contributed by atoms with Gasteiger partial charge in [-0.2, -0.15) is 0 Å². The number of hydrogen-bond donors (Lipinski definition) is 1. The van der Waals surface area contributed by atoms with Crippen LogP contribution >= 0.6 is 11.6 Å². The molecule has 0 saturated carbocycles. The third-order valence-electron chi connectivity index (χ3n) is 3.18. The van der Waals surface area contributed by atoms with Crippen LogP contribution in [0.3, 0.4) is 0 Å². The van der Waals surface area contributed by atoms with E-state index in [2.05, 4.69) is 5.32 Å². The Bertz CT molecular complexity index is 611. The maximum Gasteiger partial charge on any atom is 0.258 e. The lowest BCUT2D eigenvalue weighted by atomic mass is 10.1. The summed E-state index contributed by atoms with van der Waals surface area (Å²) in [6.45, 7) is 1.87. The molecule has 0 heterocycles. The van der Waals surface area contributed by atoms with E-state index in [-0.39, 0.29) is 18.6 Å². The Morgan fingerprint density at radius 3 is 2.27 bits per heavy atom. The van der Waals surface area contributed by atoms with Crippen LogP contribution in [0, 0.1) is 0 Å². The molecule has 1 atom stereocenters. The van der Waals surface area contributed by atoms with Gasteiger partial charge < -0.3 is 14.8 Å². The molecule has 0 aromatic heterocycles. The van der Waals surface area contributed by atoms with Crippen LogP contribution in [0.15, 0.2) is 48.5 Å². The highest BCUT2D eigenvalue weighted by molar-refractivity contribution is 6.30. The lowest BCUT2D eigenvalue weighted by molar-refractivity contribution is -0.123. The molecule has 0 bridgehead atoms. The van der Waals surface area contributed by atoms with E-state index in [0.29, 0.717) is 10.8 Å². The fraction of sp³-hybridized carbons (Fsp3) is 0.235. The van der Waals surface area contributed by atoms with Gasteiger partial charge in [0.05, 0.1) is 13.2 Å². The molecule has 0 unspecified atom stereocenters. The van der Waals surface area contributed by atoms with Crippen LogP contribution in [0.4, 0.5) is 0 Å². The Labute approximate surface area is 135 Å². The van der Waals surface area contributed by atoms with E-state index >= 15 is 0 Å². The van der Waals surface area contributed by atoms with Crippen LogP contribution in [0.25, 0.3) is 0 Å². The summed E-state index contributed by atoms with van der Waals surface area (Å²) < 4.78 is 10.5. The van der Waals surface area contributed by atoms with Crippen molar-refractivity contribution >= 4 is 17.5 Å². The highest BCUT2D eigenvalue weighted by Crippen LogP contribution is 2.18. The van der Waals surface area contributed by atoms with Gasteiger partial charge >= 0.3 is 0 Å². The summed E-state index contributed by atoms with van der Waals surface area (Å²) in [5, 5.41) is 3.55. The average molecular weight is 320 g/mol. The number of halogens is 1. The topological polar surface area (TPSA) is 47.6 Å². The number of rotatable bonds is 6. The predicted octanol–water partition coefficient (Wildman–Crippen LogP) is 3.60. The molecule has 0 aliphatic carbocycles. The van der Waals surface area contributed by atoms with Crippen molar-refractivity contribution in [1.82, 2.24) is 5.32 Å². The van der Waals surface area contributed by atoms with Gasteiger partial charge in [0.25, 0.3) is 5.91 Å². The zero-order valence-corrected chi connectivity index (χ0v) is 13.3. The summed E-state index contributed by atoms with van der Waals surface area (Å²) in [5.74, 6) is 1.18. The lowest BCUT2D eigenvalue weighted by Crippen LogP contribution is -2.31. The second-order valence-electron chi connectivity index (χ2n) is 4.80. The van der Waals surface area contributed by atoms with Crippen molar-refractivity contribution in [3.63, 3.8) is 0 Å². The fourth-order valence-electron chi connectivity index (χ4n) is 1.94. The Morgan fingerprint density at radius 1 is 1.09 bits per heavy atom. The van der Waals surface area contributed by atoms with Gasteiger partial charge in [0.15, 0.2) is 6.61 Å². The van der Waals surface area contributed by atoms with Gasteiger partial charge in [0, 0.05) is 5.02 Å². The van der Waals surface area contributed by atoms with Crippen LogP contribution < -0.4 is 14.8 Å². The first kappa shape index (κ1) is 16.2. The summed E-state index contributed by atoms with van der Waals surface area (Å²) in [6, 6.07) is 14.3. The Hall–Kier alpha value is -2.20. The van der Waals surface area contributed by atoms with E-state index in [9.17, 15) is 4.79 Å². The number of carbonyl (C=O) groups excluding carboxylic acids is 1. The highest BCUT2D eigenvalue weighted by Gasteiger charge is 2.10. The van der Waals surface area contributed by atoms with Gasteiger partial charge in [-0.25, -0.2) is 0 Å². The molecule has 0 saturated heterocycles. The molecule has 2 aromatic rings. The molecule has 116 valence electrons. The van der Waals surface area contributed by atoms with Crippen LogP contribution in [0.5, 0.6) is 11.5 Å². The number of benzene rings is 2. The molecular formula is C17H18ClNO3. The van der Waals surface area contributed by atoms with Crippen molar-refractivity contribution in [2.45, 2.75) is 13.0 Å². The first-order valence-corrected chi connectivity index (χ1v) is 7.28. The van der Waals surface area contributed by atoms with Gasteiger partial charge in [0.1, 0.15) is 11.5 Å². The van der Waals surface area contributed by atoms with Crippen molar-refractivity contribution < 1.29 is 14.3 Å². The number of hydrogen-bond acceptors (Lipinski definition) is 3. The van der Waals surface area contributed by atoms with Crippen molar-refractivity contribution in [1.29, 1.82) is 0 Å². The van der Waals surface area contributed by atoms with Gasteiger partial charge in [-0.3, -0.25) is 4.79 Å². The molecule has 2 aromatic carbocycles. The van der Waals surface area contributed by atoms with Crippen molar-refractivity contribution in [2.75, 3.05) is 13.7 Å². The number of amides is 1. The maximum absolute atomic E-state index is 11.9. The van der Waals surface area contributed by atoms with E-state index < -0.39 is 0 Å². The minimum absolute atomic E-state index is 0.0374. The SMILES string of the molecule is COc1ccc(OCC(=O)N[C@H](C)c2ccc(Cl)cc2)cc1. The molecule has 0 spiro atoms. The number of methoxy groups -OCH3 is 1. The lowest BCUT2D eigenvalue weighted by Gasteiger charge is -2.15. The minimum Gasteiger partial charge on any atom is -0.497 e. The number of carbonyl (C=O) groups is 1. The molecule has 0 aliphatic heterocycles. The molecule has 1 amide bonds. The standard InChI is InChI=1S/C17H18ClNO3/c1-12(13-3-5-14(18)6-4-13)19-17(20)11-22-16-9-7-15(21-2)8-10-16/h3-10,12H,11H2,1-2H3,(H,19,20)/t12-/m1/s1. The summed E-state index contributed by atoms with van der Waals surface area (Å²) in [4.78, 5) is 11.9. The molecule has 1 N–H and O–H groups in total. The van der Waals surface area contributed by atoms with Gasteiger partial charge in [-0.05, 0) is 48.9 Å². The van der Waals surface area contributed by atoms with Crippen LogP contribution in [-0.2, 0) is 4.79 Å². The second-order valence-corrected chi connectivity index (χ2v) is 5.24. The minimum atomic E-state index is -0.182. The van der Waals surface area contributed by atoms with Crippen molar-refractivity contribution in [2.24, 2.45) is 0 Å². The average Bonchev–Trinajstić information content (AvgIpc) is 2.54. The Balaban J connectivity index is 1.83. The van der Waals surface area contributed by atoms with E-state index in [4.69, 9.17) is 21.1 Å². The van der Waals surface area contributed by atoms with E-state index in [0.717, 1.165) is 11.3 Å². The van der Waals surface area contributed by atoms with Crippen LogP contribution in [-0.4, -0.2) is 19.6 Å². The molecule has 0 aliphatic rings. The fourth-order valence-corrected chi connectivity index (χ4v) is 2.06. The Morgan fingerprint density at radius 2 is 1.68 bits per heavy atom. The maximum atomic E-state index is 11.9. The highest BCUT2D eigenvalue weighted by atomic mass is 35.5. The zero-order valence-electron chi connectivity index (χ0n) is 12.5. The third-order valence-corrected chi connectivity index (χ3v) is 3.43. The molecule has 5 heteroatoms. The summed E-state index contributed by atoms with van der Waals surface area (Å²) in [7, 11) is 1.60. The van der Waals surface area contributed by atoms with Crippen LogP contribution in [0.1, 0.15) is 18.5 Å². The molecular weight excluding hydrogens is 302 g/mol. The first-order chi connectivity index (χ1) is 10.6. The molecule has 0 fully saturated rings. The summed E-state index contributed by atoms with van der Waals surface area (Å²) >= 11 is 5.84. The zero-order chi connectivity index (χ0) is 15.9. The summed E-state index contributed by atoms with van der Waals surface area (Å²) in [6.07, 6.45) is 0. The van der Waals surface area contributed by atoms with Gasteiger partial charge in [0.2, 0.25) is 0 Å². The smallest absolute Gasteiger partial charge is 0.258 e. The normalized spacial score (nSPS) is 11.6. The summed E-state index contributed by atoms with van der Waals surface area (Å²) in [5.41, 5.74) is 0.988. The van der Waals surface area contributed by atoms with Gasteiger partial charge in [-0.15, -0.1) is 0 Å². The monoisotopic (exact) mass is 319 g/mol. The second kappa shape index (κ2) is 7.71. The van der Waals surface area contributed by atoms with Crippen molar-refractivity contribution in [3.8, 4) is 11.5 Å². The number of nitrogens with one attached hydrogen (secondary N) is 1.